The molecule has 168 valence electrons. The molecular weight excluding hydrogens is 436 g/mol. The summed E-state index contributed by atoms with van der Waals surface area (Å²) in [6.07, 6.45) is 6.38. The van der Waals surface area contributed by atoms with Crippen LogP contribution in [-0.4, -0.2) is 38.1 Å². The Morgan fingerprint density at radius 1 is 1.00 bits per heavy atom. The van der Waals surface area contributed by atoms with Crippen LogP contribution in [0, 0.1) is 5.92 Å². The molecule has 33 heavy (non-hydrogen) atoms. The van der Waals surface area contributed by atoms with Crippen molar-refractivity contribution in [2.45, 2.75) is 25.8 Å². The lowest BCUT2D eigenvalue weighted by atomic mass is 9.90. The molecular formula is C26H25ClN4O2. The Bertz CT molecular complexity index is 1320. The number of rotatable bonds is 5. The van der Waals surface area contributed by atoms with Crippen molar-refractivity contribution in [1.82, 2.24) is 19.1 Å². The van der Waals surface area contributed by atoms with Gasteiger partial charge in [-0.1, -0.05) is 54.1 Å². The van der Waals surface area contributed by atoms with Crippen molar-refractivity contribution in [1.29, 1.82) is 0 Å². The second-order valence-electron chi connectivity index (χ2n) is 8.61. The zero-order valence-electron chi connectivity index (χ0n) is 18.2. The first-order chi connectivity index (χ1) is 16.1. The molecule has 0 aliphatic carbocycles. The molecule has 0 saturated carbocycles. The summed E-state index contributed by atoms with van der Waals surface area (Å²) in [5.41, 5.74) is 3.13. The van der Waals surface area contributed by atoms with E-state index in [0.717, 1.165) is 37.9 Å². The van der Waals surface area contributed by atoms with Gasteiger partial charge >= 0.3 is 0 Å². The summed E-state index contributed by atoms with van der Waals surface area (Å²) in [6.45, 7) is 1.52. The van der Waals surface area contributed by atoms with Crippen molar-refractivity contribution in [2.75, 3.05) is 13.1 Å². The normalized spacial score (nSPS) is 14.6. The van der Waals surface area contributed by atoms with Crippen molar-refractivity contribution >= 4 is 23.0 Å². The molecule has 1 aliphatic heterocycles. The van der Waals surface area contributed by atoms with Crippen LogP contribution in [0.2, 0.25) is 5.02 Å². The summed E-state index contributed by atoms with van der Waals surface area (Å²) in [4.78, 5) is 27.8. The summed E-state index contributed by atoms with van der Waals surface area (Å²) >= 11 is 5.97. The number of carbonyl (C=O) groups is 1. The van der Waals surface area contributed by atoms with Gasteiger partial charge in [0.05, 0.1) is 5.69 Å². The molecule has 4 aromatic rings. The number of aromatic nitrogens is 3. The van der Waals surface area contributed by atoms with E-state index in [1.54, 1.807) is 35.1 Å². The highest BCUT2D eigenvalue weighted by Gasteiger charge is 2.23. The molecule has 1 saturated heterocycles. The van der Waals surface area contributed by atoms with Crippen LogP contribution in [0.4, 0.5) is 0 Å². The number of halogens is 1. The Labute approximate surface area is 197 Å². The Morgan fingerprint density at radius 2 is 1.73 bits per heavy atom. The van der Waals surface area contributed by atoms with Crippen LogP contribution in [0.3, 0.4) is 0 Å². The van der Waals surface area contributed by atoms with E-state index in [4.69, 9.17) is 11.6 Å². The van der Waals surface area contributed by atoms with Gasteiger partial charge in [-0.15, -0.1) is 0 Å². The molecule has 3 heterocycles. The first kappa shape index (κ1) is 21.5. The van der Waals surface area contributed by atoms with Crippen molar-refractivity contribution in [3.05, 3.63) is 94.0 Å². The Kier molecular flexibility index (Phi) is 6.01. The topological polar surface area (TPSA) is 59.6 Å². The van der Waals surface area contributed by atoms with E-state index >= 15 is 0 Å². The third-order valence-corrected chi connectivity index (χ3v) is 6.64. The summed E-state index contributed by atoms with van der Waals surface area (Å²) < 4.78 is 3.03. The van der Waals surface area contributed by atoms with Crippen LogP contribution in [0.1, 0.15) is 18.4 Å². The number of piperidine rings is 1. The maximum absolute atomic E-state index is 13.0. The summed E-state index contributed by atoms with van der Waals surface area (Å²) in [6, 6.07) is 19.6. The van der Waals surface area contributed by atoms with E-state index in [2.05, 4.69) is 29.4 Å². The number of hydrogen-bond donors (Lipinski definition) is 0. The van der Waals surface area contributed by atoms with Crippen molar-refractivity contribution in [3.8, 4) is 11.3 Å². The molecule has 0 spiro atoms. The first-order valence-corrected chi connectivity index (χ1v) is 11.6. The molecule has 5 rings (SSSR count). The highest BCUT2D eigenvalue weighted by molar-refractivity contribution is 6.30. The maximum Gasteiger partial charge on any atom is 0.277 e. The number of fused-ring (bicyclic) bond motifs is 1. The molecule has 0 bridgehead atoms. The molecule has 2 aromatic carbocycles. The predicted octanol–water partition coefficient (Wildman–Crippen LogP) is 4.30. The van der Waals surface area contributed by atoms with Gasteiger partial charge in [0.2, 0.25) is 5.91 Å². The fourth-order valence-electron chi connectivity index (χ4n) is 4.49. The largest absolute Gasteiger partial charge is 0.341 e. The van der Waals surface area contributed by atoms with Crippen LogP contribution in [0.25, 0.3) is 16.8 Å². The molecule has 6 nitrogen and oxygen atoms in total. The van der Waals surface area contributed by atoms with Gasteiger partial charge in [0.1, 0.15) is 12.1 Å². The zero-order chi connectivity index (χ0) is 22.8. The van der Waals surface area contributed by atoms with Crippen LogP contribution in [0.5, 0.6) is 0 Å². The summed E-state index contributed by atoms with van der Waals surface area (Å²) in [7, 11) is 0. The van der Waals surface area contributed by atoms with Crippen LogP contribution in [-0.2, 0) is 17.8 Å². The van der Waals surface area contributed by atoms with Crippen molar-refractivity contribution in [2.24, 2.45) is 5.92 Å². The Hall–Kier alpha value is -3.38. The van der Waals surface area contributed by atoms with E-state index in [0.29, 0.717) is 22.2 Å². The number of likely N-dealkylation sites (tertiary alicyclic amines) is 1. The molecule has 0 N–H and O–H groups in total. The second-order valence-corrected chi connectivity index (χ2v) is 9.05. The number of carbonyl (C=O) groups excluding carboxylic acids is 1. The van der Waals surface area contributed by atoms with Crippen LogP contribution >= 0.6 is 11.6 Å². The van der Waals surface area contributed by atoms with Gasteiger partial charge in [0.15, 0.2) is 0 Å². The molecule has 2 aromatic heterocycles. The third-order valence-electron chi connectivity index (χ3n) is 6.38. The third kappa shape index (κ3) is 4.71. The molecule has 1 amide bonds. The van der Waals surface area contributed by atoms with E-state index in [1.807, 2.05) is 23.1 Å². The average Bonchev–Trinajstić information content (AvgIpc) is 3.28. The van der Waals surface area contributed by atoms with Gasteiger partial charge in [0.25, 0.3) is 5.56 Å². The fraction of sp³-hybridized carbons (Fsp3) is 0.269. The molecule has 0 unspecified atom stereocenters. The minimum absolute atomic E-state index is 0.0166. The minimum atomic E-state index is -0.225. The number of nitrogens with zero attached hydrogens (tertiary/aromatic N) is 4. The highest BCUT2D eigenvalue weighted by atomic mass is 35.5. The molecule has 0 atom stereocenters. The van der Waals surface area contributed by atoms with Crippen LogP contribution in [0.15, 0.2) is 77.9 Å². The smallest absolute Gasteiger partial charge is 0.277 e. The second kappa shape index (κ2) is 9.24. The van der Waals surface area contributed by atoms with Crippen molar-refractivity contribution < 1.29 is 4.79 Å². The lowest BCUT2D eigenvalue weighted by Gasteiger charge is -2.32. The van der Waals surface area contributed by atoms with E-state index in [9.17, 15) is 9.59 Å². The lowest BCUT2D eigenvalue weighted by molar-refractivity contribution is -0.133. The minimum Gasteiger partial charge on any atom is -0.341 e. The monoisotopic (exact) mass is 460 g/mol. The van der Waals surface area contributed by atoms with Gasteiger partial charge in [-0.05, 0) is 48.9 Å². The average molecular weight is 461 g/mol. The first-order valence-electron chi connectivity index (χ1n) is 11.2. The quantitative estimate of drug-likeness (QED) is 0.446. The summed E-state index contributed by atoms with van der Waals surface area (Å²) in [5, 5.41) is 5.14. The molecule has 1 aliphatic rings. The Morgan fingerprint density at radius 3 is 2.45 bits per heavy atom. The van der Waals surface area contributed by atoms with E-state index < -0.39 is 0 Å². The molecule has 7 heteroatoms. The van der Waals surface area contributed by atoms with E-state index in [1.165, 1.54) is 10.1 Å². The molecule has 1 fully saturated rings. The fourth-order valence-corrected chi connectivity index (χ4v) is 4.62. The lowest BCUT2D eigenvalue weighted by Crippen LogP contribution is -2.42. The van der Waals surface area contributed by atoms with Crippen LogP contribution < -0.4 is 5.56 Å². The highest BCUT2D eigenvalue weighted by Crippen LogP contribution is 2.22. The maximum atomic E-state index is 13.0. The van der Waals surface area contributed by atoms with Gasteiger partial charge in [0, 0.05) is 36.1 Å². The zero-order valence-corrected chi connectivity index (χ0v) is 19.0. The molecule has 0 radical (unpaired) electrons. The summed E-state index contributed by atoms with van der Waals surface area (Å²) in [5.74, 6) is 0.575. The van der Waals surface area contributed by atoms with Gasteiger partial charge < -0.3 is 9.47 Å². The number of hydrogen-bond acceptors (Lipinski definition) is 3. The SMILES string of the molecule is O=C(Cn1ccn2nc(-c3ccc(Cl)cc3)cc2c1=O)N1CCC(Cc2ccccc2)CC1. The van der Waals surface area contributed by atoms with Gasteiger partial charge in [-0.2, -0.15) is 5.10 Å². The number of benzene rings is 2. The predicted molar refractivity (Wildman–Crippen MR) is 129 cm³/mol. The number of amides is 1. The standard InChI is InChI=1S/C26H25ClN4O2/c27-22-8-6-21(7-9-22)23-17-24-26(33)30(14-15-31(24)28-23)18-25(32)29-12-10-20(11-13-29)16-19-4-2-1-3-5-19/h1-9,14-15,17,20H,10-13,16,18H2. The van der Waals surface area contributed by atoms with E-state index in [-0.39, 0.29) is 18.0 Å². The Balaban J connectivity index is 1.25. The van der Waals surface area contributed by atoms with Gasteiger partial charge in [-0.3, -0.25) is 9.59 Å². The van der Waals surface area contributed by atoms with Gasteiger partial charge in [-0.25, -0.2) is 4.52 Å². The van der Waals surface area contributed by atoms with Crippen molar-refractivity contribution in [3.63, 3.8) is 0 Å².